The third kappa shape index (κ3) is 6.31. The lowest BCUT2D eigenvalue weighted by atomic mass is 10.3. The Kier molecular flexibility index (Phi) is 7.45. The van der Waals surface area contributed by atoms with Crippen LogP contribution in [-0.4, -0.2) is 90.2 Å². The number of amides is 2. The van der Waals surface area contributed by atoms with Gasteiger partial charge in [0.2, 0.25) is 0 Å². The van der Waals surface area contributed by atoms with E-state index in [4.69, 9.17) is 5.11 Å². The number of hydrogen-bond acceptors (Lipinski definition) is 4. The van der Waals surface area contributed by atoms with Gasteiger partial charge < -0.3 is 20.2 Å². The molecule has 0 aromatic heterocycles. The molecule has 0 aromatic carbocycles. The van der Waals surface area contributed by atoms with Crippen molar-refractivity contribution in [3.05, 3.63) is 0 Å². The van der Waals surface area contributed by atoms with Crippen LogP contribution >= 0.6 is 0 Å². The summed E-state index contributed by atoms with van der Waals surface area (Å²) in [7, 11) is 0. The summed E-state index contributed by atoms with van der Waals surface area (Å²) in [6.45, 7) is 11.5. The molecular weight excluding hydrogens is 272 g/mol. The van der Waals surface area contributed by atoms with Crippen molar-refractivity contribution < 1.29 is 14.7 Å². The quantitative estimate of drug-likeness (QED) is 0.699. The zero-order chi connectivity index (χ0) is 15.8. The third-order valence-corrected chi connectivity index (χ3v) is 3.81. The molecule has 0 aromatic rings. The van der Waals surface area contributed by atoms with E-state index in [0.717, 1.165) is 19.6 Å². The molecule has 7 heteroatoms. The monoisotopic (exact) mass is 300 g/mol. The van der Waals surface area contributed by atoms with Gasteiger partial charge in [0, 0.05) is 38.8 Å². The Hall–Kier alpha value is -1.34. The average molecular weight is 300 g/mol. The number of carboxylic acids is 1. The van der Waals surface area contributed by atoms with E-state index in [1.54, 1.807) is 4.90 Å². The van der Waals surface area contributed by atoms with Crippen LogP contribution < -0.4 is 5.32 Å². The zero-order valence-electron chi connectivity index (χ0n) is 13.3. The topological polar surface area (TPSA) is 76.1 Å². The van der Waals surface area contributed by atoms with E-state index in [1.165, 1.54) is 0 Å². The summed E-state index contributed by atoms with van der Waals surface area (Å²) in [5.74, 6) is -0.819. The maximum absolute atomic E-state index is 12.2. The highest BCUT2D eigenvalue weighted by Gasteiger charge is 2.23. The molecule has 0 radical (unpaired) electrons. The Morgan fingerprint density at radius 2 is 1.76 bits per heavy atom. The predicted octanol–water partition coefficient (Wildman–Crippen LogP) is 0.129. The van der Waals surface area contributed by atoms with Crippen LogP contribution in [-0.2, 0) is 4.79 Å². The Morgan fingerprint density at radius 1 is 1.19 bits per heavy atom. The smallest absolute Gasteiger partial charge is 0.317 e. The van der Waals surface area contributed by atoms with Crippen molar-refractivity contribution in [2.45, 2.75) is 26.8 Å². The molecule has 1 unspecified atom stereocenters. The Balaban J connectivity index is 2.31. The van der Waals surface area contributed by atoms with Gasteiger partial charge in [-0.25, -0.2) is 4.79 Å². The van der Waals surface area contributed by atoms with Crippen LogP contribution in [0.1, 0.15) is 20.8 Å². The molecule has 21 heavy (non-hydrogen) atoms. The molecule has 122 valence electrons. The van der Waals surface area contributed by atoms with Gasteiger partial charge in [-0.2, -0.15) is 0 Å². The lowest BCUT2D eigenvalue weighted by Gasteiger charge is -2.34. The molecule has 2 amide bonds. The van der Waals surface area contributed by atoms with Crippen LogP contribution in [0.4, 0.5) is 4.79 Å². The molecule has 1 aliphatic rings. The summed E-state index contributed by atoms with van der Waals surface area (Å²) in [6.07, 6.45) is 0. The third-order valence-electron chi connectivity index (χ3n) is 3.81. The SMILES string of the molecule is CCN(CC)CC(C)NC(=O)N1CCN(CC(=O)O)CC1. The lowest BCUT2D eigenvalue weighted by molar-refractivity contribution is -0.138. The average Bonchev–Trinajstić information content (AvgIpc) is 2.44. The minimum absolute atomic E-state index is 0.0494. The number of carbonyl (C=O) groups is 2. The summed E-state index contributed by atoms with van der Waals surface area (Å²) in [5.41, 5.74) is 0. The van der Waals surface area contributed by atoms with Crippen molar-refractivity contribution in [2.24, 2.45) is 0 Å². The fraction of sp³-hybridized carbons (Fsp3) is 0.857. The minimum atomic E-state index is -0.819. The van der Waals surface area contributed by atoms with Gasteiger partial charge in [-0.15, -0.1) is 0 Å². The Labute approximate surface area is 126 Å². The largest absolute Gasteiger partial charge is 0.480 e. The first-order valence-corrected chi connectivity index (χ1v) is 7.68. The van der Waals surface area contributed by atoms with Crippen LogP contribution in [0.5, 0.6) is 0 Å². The number of rotatable bonds is 7. The van der Waals surface area contributed by atoms with Crippen molar-refractivity contribution in [3.8, 4) is 0 Å². The summed E-state index contributed by atoms with van der Waals surface area (Å²) in [4.78, 5) is 28.7. The first-order chi connectivity index (χ1) is 9.96. The molecule has 0 saturated carbocycles. The second-order valence-electron chi connectivity index (χ2n) is 5.49. The van der Waals surface area contributed by atoms with Gasteiger partial charge in [0.25, 0.3) is 0 Å². The van der Waals surface area contributed by atoms with Crippen LogP contribution in [0.15, 0.2) is 0 Å². The van der Waals surface area contributed by atoms with Gasteiger partial charge in [0.05, 0.1) is 6.54 Å². The summed E-state index contributed by atoms with van der Waals surface area (Å²) >= 11 is 0. The van der Waals surface area contributed by atoms with Crippen molar-refractivity contribution in [1.29, 1.82) is 0 Å². The van der Waals surface area contributed by atoms with E-state index in [2.05, 4.69) is 24.1 Å². The van der Waals surface area contributed by atoms with Crippen LogP contribution in [0.25, 0.3) is 0 Å². The molecule has 0 aliphatic carbocycles. The molecular formula is C14H28N4O3. The molecule has 1 rings (SSSR count). The first-order valence-electron chi connectivity index (χ1n) is 7.68. The zero-order valence-corrected chi connectivity index (χ0v) is 13.3. The van der Waals surface area contributed by atoms with E-state index in [1.807, 2.05) is 11.8 Å². The van der Waals surface area contributed by atoms with Gasteiger partial charge in [-0.1, -0.05) is 13.8 Å². The van der Waals surface area contributed by atoms with E-state index in [-0.39, 0.29) is 18.6 Å². The number of piperazine rings is 1. The number of nitrogens with zero attached hydrogens (tertiary/aromatic N) is 3. The van der Waals surface area contributed by atoms with Crippen LogP contribution in [0.2, 0.25) is 0 Å². The molecule has 1 aliphatic heterocycles. The number of nitrogens with one attached hydrogen (secondary N) is 1. The van der Waals surface area contributed by atoms with Crippen LogP contribution in [0.3, 0.4) is 0 Å². The van der Waals surface area contributed by atoms with E-state index in [0.29, 0.717) is 26.2 Å². The molecule has 1 fully saturated rings. The molecule has 1 atom stereocenters. The van der Waals surface area contributed by atoms with Crippen molar-refractivity contribution in [1.82, 2.24) is 20.0 Å². The normalized spacial score (nSPS) is 17.8. The second-order valence-corrected chi connectivity index (χ2v) is 5.49. The molecule has 0 bridgehead atoms. The Bertz CT molecular complexity index is 339. The van der Waals surface area contributed by atoms with Crippen molar-refractivity contribution >= 4 is 12.0 Å². The Morgan fingerprint density at radius 3 is 2.24 bits per heavy atom. The highest BCUT2D eigenvalue weighted by atomic mass is 16.4. The molecule has 0 spiro atoms. The summed E-state index contributed by atoms with van der Waals surface area (Å²) in [6, 6.07) is 0.0547. The fourth-order valence-corrected chi connectivity index (χ4v) is 2.52. The summed E-state index contributed by atoms with van der Waals surface area (Å²) < 4.78 is 0. The van der Waals surface area contributed by atoms with Crippen molar-refractivity contribution in [3.63, 3.8) is 0 Å². The first kappa shape index (κ1) is 17.7. The molecule has 2 N–H and O–H groups in total. The summed E-state index contributed by atoms with van der Waals surface area (Å²) in [5, 5.41) is 11.8. The van der Waals surface area contributed by atoms with Gasteiger partial charge in [0.1, 0.15) is 0 Å². The number of carboxylic acid groups (broad SMARTS) is 1. The maximum atomic E-state index is 12.2. The highest BCUT2D eigenvalue weighted by molar-refractivity contribution is 5.74. The van der Waals surface area contributed by atoms with E-state index in [9.17, 15) is 9.59 Å². The molecule has 1 saturated heterocycles. The van der Waals surface area contributed by atoms with Crippen LogP contribution in [0, 0.1) is 0 Å². The minimum Gasteiger partial charge on any atom is -0.480 e. The second kappa shape index (κ2) is 8.84. The standard InChI is InChI=1S/C14H28N4O3/c1-4-16(5-2)10-12(3)15-14(21)18-8-6-17(7-9-18)11-13(19)20/h12H,4-11H2,1-3H3,(H,15,21)(H,19,20). The predicted molar refractivity (Wildman–Crippen MR) is 81.4 cm³/mol. The highest BCUT2D eigenvalue weighted by Crippen LogP contribution is 2.02. The number of hydrogen-bond donors (Lipinski definition) is 2. The van der Waals surface area contributed by atoms with Gasteiger partial charge in [-0.3, -0.25) is 9.69 Å². The number of likely N-dealkylation sites (N-methyl/N-ethyl adjacent to an activating group) is 1. The molecule has 1 heterocycles. The van der Waals surface area contributed by atoms with Gasteiger partial charge >= 0.3 is 12.0 Å². The van der Waals surface area contributed by atoms with Crippen molar-refractivity contribution in [2.75, 3.05) is 52.4 Å². The van der Waals surface area contributed by atoms with E-state index >= 15 is 0 Å². The number of carbonyl (C=O) groups excluding carboxylic acids is 1. The van der Waals surface area contributed by atoms with Gasteiger partial charge in [-0.05, 0) is 20.0 Å². The lowest BCUT2D eigenvalue weighted by Crippen LogP contribution is -2.54. The number of urea groups is 1. The molecule has 7 nitrogen and oxygen atoms in total. The van der Waals surface area contributed by atoms with Gasteiger partial charge in [0.15, 0.2) is 0 Å². The number of aliphatic carboxylic acids is 1. The maximum Gasteiger partial charge on any atom is 0.317 e. The fourth-order valence-electron chi connectivity index (χ4n) is 2.52. The van der Waals surface area contributed by atoms with E-state index < -0.39 is 5.97 Å².